The smallest absolute Gasteiger partial charge is 0.472 e. The van der Waals surface area contributed by atoms with Crippen molar-refractivity contribution in [1.29, 1.82) is 0 Å². The molecule has 0 aliphatic carbocycles. The molecule has 2 N–H and O–H groups in total. The topological polar surface area (TPSA) is 93.1 Å². The number of carboxylic acid groups (broad SMARTS) is 1. The summed E-state index contributed by atoms with van der Waals surface area (Å²) in [5.74, 6) is -1.20. The minimum absolute atomic E-state index is 0.316. The summed E-state index contributed by atoms with van der Waals surface area (Å²) in [5, 5.41) is 18.9. The van der Waals surface area contributed by atoms with Gasteiger partial charge < -0.3 is 14.9 Å². The molecular weight excluding hydrogens is 459 g/mol. The van der Waals surface area contributed by atoms with E-state index in [0.29, 0.717) is 12.3 Å². The second kappa shape index (κ2) is 21.1. The fourth-order valence-corrected chi connectivity index (χ4v) is 4.72. The summed E-state index contributed by atoms with van der Waals surface area (Å²) in [5.41, 5.74) is -3.18. The highest BCUT2D eigenvalue weighted by Gasteiger charge is 2.50. The first-order chi connectivity index (χ1) is 15.8. The Morgan fingerprint density at radius 1 is 0.879 bits per heavy atom. The van der Waals surface area contributed by atoms with Gasteiger partial charge >= 0.3 is 20.0 Å². The summed E-state index contributed by atoms with van der Waals surface area (Å²) in [7, 11) is -1.55. The molecule has 0 bridgehead atoms. The van der Waals surface area contributed by atoms with Crippen LogP contribution in [0.2, 0.25) is 0 Å². The first-order valence-electron chi connectivity index (χ1n) is 13.2. The lowest BCUT2D eigenvalue weighted by Gasteiger charge is -2.26. The van der Waals surface area contributed by atoms with Crippen LogP contribution in [0.15, 0.2) is 0 Å². The zero-order valence-corrected chi connectivity index (χ0v) is 23.1. The monoisotopic (exact) mass is 509 g/mol. The number of aliphatic hydroxyl groups is 1. The van der Waals surface area contributed by atoms with E-state index in [0.717, 1.165) is 19.3 Å². The Morgan fingerprint density at radius 2 is 1.33 bits per heavy atom. The van der Waals surface area contributed by atoms with Crippen molar-refractivity contribution in [2.75, 3.05) is 0 Å². The van der Waals surface area contributed by atoms with Crippen LogP contribution in [0.4, 0.5) is 0 Å². The summed E-state index contributed by atoms with van der Waals surface area (Å²) < 4.78 is 22.0. The highest BCUT2D eigenvalue weighted by molar-refractivity contribution is 7.80. The summed E-state index contributed by atoms with van der Waals surface area (Å²) in [4.78, 5) is 11.2. The van der Waals surface area contributed by atoms with Crippen LogP contribution in [0.5, 0.6) is 0 Å². The van der Waals surface area contributed by atoms with Crippen molar-refractivity contribution < 1.29 is 29.0 Å². The predicted octanol–water partition coefficient (Wildman–Crippen LogP) is 7.66. The van der Waals surface area contributed by atoms with Crippen LogP contribution in [0.1, 0.15) is 130 Å². The molecule has 0 radical (unpaired) electrons. The number of carbonyl (C=O) groups is 1. The molecule has 0 aromatic heterocycles. The molecule has 6 nitrogen and oxygen atoms in total. The van der Waals surface area contributed by atoms with Crippen LogP contribution in [0.3, 0.4) is 0 Å². The van der Waals surface area contributed by atoms with Crippen LogP contribution in [-0.4, -0.2) is 33.4 Å². The molecule has 0 fully saturated rings. The Morgan fingerprint density at radius 3 is 1.76 bits per heavy atom. The van der Waals surface area contributed by atoms with Crippen molar-refractivity contribution in [3.63, 3.8) is 0 Å². The van der Waals surface area contributed by atoms with Crippen LogP contribution in [-0.2, 0) is 18.8 Å². The molecule has 0 amide bonds. The summed E-state index contributed by atoms with van der Waals surface area (Å²) in [6.45, 7) is 6.21. The fourth-order valence-electron chi connectivity index (χ4n) is 4.02. The van der Waals surface area contributed by atoms with Crippen LogP contribution < -0.4 is 0 Å². The SMILES string of the molecule is CCCCCCCCCCCC(CCCCCC)CC(S)OC(CC)OC(O)([PH+]=O)C(=O)O. The second-order valence-electron chi connectivity index (χ2n) is 9.17. The van der Waals surface area contributed by atoms with Gasteiger partial charge in [-0.15, -0.1) is 12.6 Å². The molecule has 0 saturated carbocycles. The molecule has 0 rings (SSSR count). The summed E-state index contributed by atoms with van der Waals surface area (Å²) in [6, 6.07) is 0. The third kappa shape index (κ3) is 17.0. The predicted molar refractivity (Wildman–Crippen MR) is 139 cm³/mol. The van der Waals surface area contributed by atoms with Gasteiger partial charge in [0.15, 0.2) is 6.29 Å². The zero-order valence-electron chi connectivity index (χ0n) is 21.2. The van der Waals surface area contributed by atoms with E-state index in [9.17, 15) is 14.5 Å². The Kier molecular flexibility index (Phi) is 21.0. The van der Waals surface area contributed by atoms with Crippen molar-refractivity contribution in [1.82, 2.24) is 0 Å². The lowest BCUT2D eigenvalue weighted by atomic mass is 9.91. The van der Waals surface area contributed by atoms with Gasteiger partial charge in [-0.25, -0.2) is 4.79 Å². The molecule has 0 heterocycles. The Balaban J connectivity index is 4.51. The van der Waals surface area contributed by atoms with Crippen molar-refractivity contribution in [3.8, 4) is 0 Å². The van der Waals surface area contributed by atoms with Crippen molar-refractivity contribution in [2.24, 2.45) is 5.92 Å². The van der Waals surface area contributed by atoms with Crippen molar-refractivity contribution in [2.45, 2.75) is 147 Å². The lowest BCUT2D eigenvalue weighted by Crippen LogP contribution is -2.40. The molecule has 0 aliphatic rings. The van der Waals surface area contributed by atoms with Crippen molar-refractivity contribution >= 4 is 27.1 Å². The number of ether oxygens (including phenoxy) is 2. The van der Waals surface area contributed by atoms with Gasteiger partial charge in [0.05, 0.1) is 0 Å². The lowest BCUT2D eigenvalue weighted by molar-refractivity contribution is -0.256. The van der Waals surface area contributed by atoms with E-state index in [-0.39, 0.29) is 0 Å². The average molecular weight is 510 g/mol. The van der Waals surface area contributed by atoms with Crippen LogP contribution in [0.25, 0.3) is 0 Å². The minimum Gasteiger partial charge on any atom is -0.474 e. The van der Waals surface area contributed by atoms with Crippen molar-refractivity contribution in [3.05, 3.63) is 0 Å². The number of unbranched alkanes of at least 4 members (excludes halogenated alkanes) is 11. The van der Waals surface area contributed by atoms with Gasteiger partial charge in [0.2, 0.25) is 0 Å². The molecule has 5 atom stereocenters. The average Bonchev–Trinajstić information content (AvgIpc) is 2.79. The molecule has 0 aromatic rings. The van der Waals surface area contributed by atoms with Crippen LogP contribution in [0, 0.1) is 5.92 Å². The largest absolute Gasteiger partial charge is 0.474 e. The Hall–Kier alpha value is -0.200. The standard InChI is InChI=1S/C25H49O6PS/c1-4-7-9-11-12-13-14-15-17-19-21(18-16-10-8-5-2)20-23(33)30-22(6-3)31-25(28,32-29)24(26)27/h21-23,28,33H,4-20H2,1-3H3,(H,26,27)/p+1. The first kappa shape index (κ1) is 32.8. The minimum atomic E-state index is -2.75. The molecule has 33 heavy (non-hydrogen) atoms. The van der Waals surface area contributed by atoms with E-state index >= 15 is 0 Å². The number of aliphatic carboxylic acids is 1. The van der Waals surface area contributed by atoms with Crippen LogP contribution >= 0.6 is 21.1 Å². The number of hydrogen-bond donors (Lipinski definition) is 3. The molecular formula is C25H50O6PS+. The Bertz CT molecular complexity index is 496. The van der Waals surface area contributed by atoms with E-state index in [2.05, 4.69) is 26.5 Å². The van der Waals surface area contributed by atoms with E-state index in [1.165, 1.54) is 83.5 Å². The van der Waals surface area contributed by atoms with Gasteiger partial charge in [-0.05, 0) is 18.8 Å². The maximum atomic E-state index is 11.2. The second-order valence-corrected chi connectivity index (χ2v) is 10.6. The molecule has 0 saturated heterocycles. The molecule has 0 spiro atoms. The first-order valence-corrected chi connectivity index (χ1v) is 14.6. The highest BCUT2D eigenvalue weighted by atomic mass is 32.1. The van der Waals surface area contributed by atoms with E-state index in [4.69, 9.17) is 14.6 Å². The van der Waals surface area contributed by atoms with E-state index in [1.54, 1.807) is 6.92 Å². The molecule has 0 aromatic carbocycles. The zero-order chi connectivity index (χ0) is 25.0. The Labute approximate surface area is 209 Å². The molecule has 5 unspecified atom stereocenters. The molecule has 8 heteroatoms. The maximum absolute atomic E-state index is 11.2. The van der Waals surface area contributed by atoms with Gasteiger partial charge in [-0.1, -0.05) is 122 Å². The third-order valence-corrected chi connectivity index (χ3v) is 7.03. The molecule has 0 aliphatic heterocycles. The van der Waals surface area contributed by atoms with E-state index < -0.39 is 31.7 Å². The van der Waals surface area contributed by atoms with Gasteiger partial charge in [-0.3, -0.25) is 4.74 Å². The maximum Gasteiger partial charge on any atom is 0.472 e. The number of thiol groups is 1. The van der Waals surface area contributed by atoms with E-state index in [1.807, 2.05) is 0 Å². The third-order valence-electron chi connectivity index (χ3n) is 6.09. The summed E-state index contributed by atoms with van der Waals surface area (Å²) >= 11 is 4.57. The van der Waals surface area contributed by atoms with Gasteiger partial charge in [-0.2, -0.15) is 0 Å². The van der Waals surface area contributed by atoms with Gasteiger partial charge in [0.1, 0.15) is 5.44 Å². The summed E-state index contributed by atoms with van der Waals surface area (Å²) in [6.07, 6.45) is 19.0. The quantitative estimate of drug-likeness (QED) is 0.0535. The fraction of sp³-hybridized carbons (Fsp3) is 0.960. The van der Waals surface area contributed by atoms with Gasteiger partial charge in [0, 0.05) is 0 Å². The highest BCUT2D eigenvalue weighted by Crippen LogP contribution is 2.29. The normalized spacial score (nSPS) is 16.4. The molecule has 196 valence electrons. The number of hydrogen-bond acceptors (Lipinski definition) is 6. The van der Waals surface area contributed by atoms with Gasteiger partial charge in [0.25, 0.3) is 0 Å². The number of rotatable bonds is 24. The number of carboxylic acids is 1.